The van der Waals surface area contributed by atoms with Gasteiger partial charge >= 0.3 is 11.9 Å². The van der Waals surface area contributed by atoms with E-state index in [1.54, 1.807) is 18.2 Å². The van der Waals surface area contributed by atoms with Crippen molar-refractivity contribution in [3.63, 3.8) is 0 Å². The van der Waals surface area contributed by atoms with Crippen LogP contribution in [0.15, 0.2) is 53.4 Å². The van der Waals surface area contributed by atoms with Crippen molar-refractivity contribution in [2.45, 2.75) is 4.90 Å². The molecule has 0 spiro atoms. The summed E-state index contributed by atoms with van der Waals surface area (Å²) in [5.41, 5.74) is 0.0499. The SMILES string of the molecule is COC(=O)CN(c1cc(C(=O)OC)ccc1Cl)S(=O)(=O)c1ccccc1. The van der Waals surface area contributed by atoms with Crippen LogP contribution in [0.1, 0.15) is 10.4 Å². The lowest BCUT2D eigenvalue weighted by Crippen LogP contribution is -2.36. The van der Waals surface area contributed by atoms with E-state index in [2.05, 4.69) is 9.47 Å². The Labute approximate surface area is 156 Å². The Kier molecular flexibility index (Phi) is 6.23. The average molecular weight is 398 g/mol. The van der Waals surface area contributed by atoms with Crippen LogP contribution in [0, 0.1) is 0 Å². The van der Waals surface area contributed by atoms with Crippen LogP contribution >= 0.6 is 11.6 Å². The fourth-order valence-electron chi connectivity index (χ4n) is 2.15. The average Bonchev–Trinajstić information content (AvgIpc) is 2.66. The molecule has 138 valence electrons. The maximum atomic E-state index is 13.0. The van der Waals surface area contributed by atoms with Gasteiger partial charge in [0.25, 0.3) is 10.0 Å². The van der Waals surface area contributed by atoms with E-state index < -0.39 is 28.5 Å². The predicted octanol–water partition coefficient (Wildman–Crippen LogP) is 2.49. The van der Waals surface area contributed by atoms with Gasteiger partial charge in [-0.15, -0.1) is 0 Å². The zero-order valence-electron chi connectivity index (χ0n) is 14.0. The number of anilines is 1. The van der Waals surface area contributed by atoms with Crippen molar-refractivity contribution in [3.05, 3.63) is 59.1 Å². The quantitative estimate of drug-likeness (QED) is 0.695. The van der Waals surface area contributed by atoms with Crippen molar-refractivity contribution in [2.75, 3.05) is 25.1 Å². The Morgan fingerprint density at radius 3 is 2.27 bits per heavy atom. The van der Waals surface area contributed by atoms with Crippen molar-refractivity contribution in [1.29, 1.82) is 0 Å². The Balaban J connectivity index is 2.63. The van der Waals surface area contributed by atoms with Crippen molar-refractivity contribution >= 4 is 39.3 Å². The molecule has 0 N–H and O–H groups in total. The van der Waals surface area contributed by atoms with Gasteiger partial charge in [0, 0.05) is 0 Å². The Bertz CT molecular complexity index is 914. The first-order chi connectivity index (χ1) is 12.3. The molecule has 0 heterocycles. The first-order valence-corrected chi connectivity index (χ1v) is 9.15. The number of hydrogen-bond acceptors (Lipinski definition) is 6. The molecule has 0 aliphatic heterocycles. The molecule has 0 saturated heterocycles. The molecule has 0 aliphatic rings. The number of nitrogens with zero attached hydrogens (tertiary/aromatic N) is 1. The molecule has 7 nitrogen and oxygen atoms in total. The zero-order chi connectivity index (χ0) is 19.3. The summed E-state index contributed by atoms with van der Waals surface area (Å²) in [6.45, 7) is -0.613. The maximum absolute atomic E-state index is 13.0. The van der Waals surface area contributed by atoms with Gasteiger partial charge in [0.1, 0.15) is 6.54 Å². The fourth-order valence-corrected chi connectivity index (χ4v) is 3.86. The van der Waals surface area contributed by atoms with E-state index in [0.29, 0.717) is 0 Å². The molecule has 9 heteroatoms. The summed E-state index contributed by atoms with van der Waals surface area (Å²) >= 11 is 6.15. The molecule has 0 bridgehead atoms. The van der Waals surface area contributed by atoms with Crippen LogP contribution in [0.4, 0.5) is 5.69 Å². The minimum absolute atomic E-state index is 0.0381. The van der Waals surface area contributed by atoms with Crippen LogP contribution in [-0.4, -0.2) is 41.1 Å². The van der Waals surface area contributed by atoms with Gasteiger partial charge in [0.15, 0.2) is 0 Å². The van der Waals surface area contributed by atoms with Gasteiger partial charge in [-0.1, -0.05) is 29.8 Å². The summed E-state index contributed by atoms with van der Waals surface area (Å²) < 4.78 is 36.1. The number of carbonyl (C=O) groups is 2. The van der Waals surface area contributed by atoms with E-state index in [1.807, 2.05) is 0 Å². The van der Waals surface area contributed by atoms with Gasteiger partial charge in [-0.2, -0.15) is 0 Å². The van der Waals surface area contributed by atoms with E-state index in [1.165, 1.54) is 37.4 Å². The molecule has 0 aliphatic carbocycles. The molecule has 0 atom stereocenters. The molecule has 2 aromatic rings. The van der Waals surface area contributed by atoms with Crippen molar-refractivity contribution in [3.8, 4) is 0 Å². The number of ether oxygens (including phenoxy) is 2. The highest BCUT2D eigenvalue weighted by Crippen LogP contribution is 2.31. The maximum Gasteiger partial charge on any atom is 0.337 e. The molecule has 0 aromatic heterocycles. The molecule has 2 aromatic carbocycles. The van der Waals surface area contributed by atoms with E-state index in [4.69, 9.17) is 11.6 Å². The molecule has 0 amide bonds. The molecule has 2 rings (SSSR count). The Morgan fingerprint density at radius 1 is 1.04 bits per heavy atom. The lowest BCUT2D eigenvalue weighted by Gasteiger charge is -2.24. The van der Waals surface area contributed by atoms with Crippen LogP contribution in [0.25, 0.3) is 0 Å². The van der Waals surface area contributed by atoms with Gasteiger partial charge in [-0.25, -0.2) is 13.2 Å². The molecular formula is C17H16ClNO6S. The number of methoxy groups -OCH3 is 2. The number of sulfonamides is 1. The number of halogens is 1. The van der Waals surface area contributed by atoms with E-state index in [0.717, 1.165) is 11.4 Å². The summed E-state index contributed by atoms with van der Waals surface area (Å²) in [5, 5.41) is 0.0427. The summed E-state index contributed by atoms with van der Waals surface area (Å²) in [7, 11) is -1.80. The van der Waals surface area contributed by atoms with Crippen molar-refractivity contribution < 1.29 is 27.5 Å². The highest BCUT2D eigenvalue weighted by Gasteiger charge is 2.29. The first kappa shape index (κ1) is 19.7. The summed E-state index contributed by atoms with van der Waals surface area (Å²) in [5.74, 6) is -1.46. The van der Waals surface area contributed by atoms with Crippen molar-refractivity contribution in [2.24, 2.45) is 0 Å². The van der Waals surface area contributed by atoms with E-state index in [9.17, 15) is 18.0 Å². The van der Waals surface area contributed by atoms with Crippen LogP contribution in [0.3, 0.4) is 0 Å². The lowest BCUT2D eigenvalue weighted by atomic mass is 10.2. The molecule has 0 radical (unpaired) electrons. The number of benzene rings is 2. The van der Waals surface area contributed by atoms with Gasteiger partial charge in [0.05, 0.1) is 35.4 Å². The third-order valence-electron chi connectivity index (χ3n) is 3.47. The predicted molar refractivity (Wildman–Crippen MR) is 95.8 cm³/mol. The molecular weight excluding hydrogens is 382 g/mol. The second-order valence-corrected chi connectivity index (χ2v) is 7.33. The van der Waals surface area contributed by atoms with Crippen LogP contribution in [-0.2, 0) is 24.3 Å². The zero-order valence-corrected chi connectivity index (χ0v) is 15.6. The second kappa shape index (κ2) is 8.20. The number of hydrogen-bond donors (Lipinski definition) is 0. The van der Waals surface area contributed by atoms with Crippen LogP contribution < -0.4 is 4.31 Å². The topological polar surface area (TPSA) is 90.0 Å². The largest absolute Gasteiger partial charge is 0.468 e. The summed E-state index contributed by atoms with van der Waals surface area (Å²) in [6.07, 6.45) is 0. The van der Waals surface area contributed by atoms with Gasteiger partial charge < -0.3 is 9.47 Å². The second-order valence-electron chi connectivity index (χ2n) is 5.06. The minimum Gasteiger partial charge on any atom is -0.468 e. The normalized spacial score (nSPS) is 10.9. The standard InChI is InChI=1S/C17H16ClNO6S/c1-24-16(20)11-19(26(22,23)13-6-4-3-5-7-13)15-10-12(17(21)25-2)8-9-14(15)18/h3-10H,11H2,1-2H3. The molecule has 0 fully saturated rings. The molecule has 0 unspecified atom stereocenters. The Morgan fingerprint density at radius 2 is 1.69 bits per heavy atom. The summed E-state index contributed by atoms with van der Waals surface area (Å²) in [4.78, 5) is 23.5. The third-order valence-corrected chi connectivity index (χ3v) is 5.56. The number of esters is 2. The molecule has 26 heavy (non-hydrogen) atoms. The summed E-state index contributed by atoms with van der Waals surface area (Å²) in [6, 6.07) is 11.5. The minimum atomic E-state index is -4.14. The molecule has 0 saturated carbocycles. The number of rotatable bonds is 6. The van der Waals surface area contributed by atoms with Gasteiger partial charge in [0.2, 0.25) is 0 Å². The Hall–Kier alpha value is -2.58. The fraction of sp³-hybridized carbons (Fsp3) is 0.176. The van der Waals surface area contributed by atoms with Crippen LogP contribution in [0.5, 0.6) is 0 Å². The lowest BCUT2D eigenvalue weighted by molar-refractivity contribution is -0.138. The van der Waals surface area contributed by atoms with E-state index >= 15 is 0 Å². The highest BCUT2D eigenvalue weighted by atomic mass is 35.5. The third kappa shape index (κ3) is 4.14. The van der Waals surface area contributed by atoms with E-state index in [-0.39, 0.29) is 21.2 Å². The van der Waals surface area contributed by atoms with Crippen LogP contribution in [0.2, 0.25) is 5.02 Å². The highest BCUT2D eigenvalue weighted by molar-refractivity contribution is 7.92. The monoisotopic (exact) mass is 397 g/mol. The van der Waals surface area contributed by atoms with Crippen molar-refractivity contribution in [1.82, 2.24) is 0 Å². The number of carbonyl (C=O) groups excluding carboxylic acids is 2. The van der Waals surface area contributed by atoms with Gasteiger partial charge in [-0.3, -0.25) is 9.10 Å². The van der Waals surface area contributed by atoms with Gasteiger partial charge in [-0.05, 0) is 30.3 Å². The first-order valence-electron chi connectivity index (χ1n) is 7.33. The smallest absolute Gasteiger partial charge is 0.337 e.